The van der Waals surface area contributed by atoms with Gasteiger partial charge in [0.05, 0.1) is 19.0 Å². The fourth-order valence-electron chi connectivity index (χ4n) is 3.71. The molecule has 0 bridgehead atoms. The second kappa shape index (κ2) is 7.59. The van der Waals surface area contributed by atoms with Gasteiger partial charge in [-0.15, -0.1) is 0 Å². The van der Waals surface area contributed by atoms with Crippen LogP contribution in [0.4, 0.5) is 0 Å². The summed E-state index contributed by atoms with van der Waals surface area (Å²) in [6.07, 6.45) is 6.32. The summed E-state index contributed by atoms with van der Waals surface area (Å²) in [5, 5.41) is 4.48. The number of piperidine rings is 1. The average molecular weight is 384 g/mol. The highest BCUT2D eigenvalue weighted by Gasteiger charge is 2.28. The van der Waals surface area contributed by atoms with Crippen LogP contribution in [0.5, 0.6) is 0 Å². The Morgan fingerprint density at radius 3 is 2.82 bits per heavy atom. The topological polar surface area (TPSA) is 89.4 Å². The number of nitrogens with zero attached hydrogens (tertiary/aromatic N) is 6. The summed E-state index contributed by atoms with van der Waals surface area (Å²) in [5.41, 5.74) is 0.254. The molecule has 0 atom stereocenters. The van der Waals surface area contributed by atoms with Crippen molar-refractivity contribution in [3.8, 4) is 0 Å². The molecule has 0 unspecified atom stereocenters. The molecule has 0 aliphatic carbocycles. The zero-order valence-corrected chi connectivity index (χ0v) is 16.1. The van der Waals surface area contributed by atoms with Gasteiger partial charge in [-0.1, -0.05) is 0 Å². The van der Waals surface area contributed by atoms with Gasteiger partial charge in [-0.2, -0.15) is 5.10 Å². The van der Waals surface area contributed by atoms with Crippen LogP contribution in [0.15, 0.2) is 40.1 Å². The number of hydrogen-bond acceptors (Lipinski definition) is 6. The number of amides is 1. The molecule has 3 aromatic heterocycles. The van der Waals surface area contributed by atoms with Crippen LogP contribution in [0.1, 0.15) is 18.6 Å². The van der Waals surface area contributed by atoms with Gasteiger partial charge in [0.25, 0.3) is 5.56 Å². The van der Waals surface area contributed by atoms with Gasteiger partial charge in [-0.25, -0.2) is 4.98 Å². The monoisotopic (exact) mass is 384 g/mol. The maximum absolute atomic E-state index is 13.2. The molecule has 9 nitrogen and oxygen atoms in total. The summed E-state index contributed by atoms with van der Waals surface area (Å²) >= 11 is 0. The first-order valence-corrected chi connectivity index (χ1v) is 9.40. The molecular formula is C19H24N6O3. The number of hydrogen-bond donors (Lipinski definition) is 0. The fraction of sp³-hybridized carbons (Fsp3) is 0.474. The van der Waals surface area contributed by atoms with Gasteiger partial charge in [0.2, 0.25) is 5.91 Å². The van der Waals surface area contributed by atoms with Gasteiger partial charge in [0.15, 0.2) is 5.65 Å². The van der Waals surface area contributed by atoms with Crippen LogP contribution in [0.2, 0.25) is 0 Å². The molecule has 1 amide bonds. The lowest BCUT2D eigenvalue weighted by Gasteiger charge is -2.37. The number of rotatable bonds is 5. The standard InChI is InChI=1S/C19H24N6O3/c1-22-7-5-14(6-8-22)25(11-15-4-3-9-28-15)17(26)12-24-13-20-18-16(19(24)27)10-21-23(18)2/h3-4,9-10,13-14H,5-8,11-12H2,1-2H3. The second-order valence-electron chi connectivity index (χ2n) is 7.32. The molecule has 0 radical (unpaired) electrons. The largest absolute Gasteiger partial charge is 0.467 e. The third-order valence-corrected chi connectivity index (χ3v) is 5.38. The molecule has 0 N–H and O–H groups in total. The Bertz CT molecular complexity index is 1010. The molecule has 1 fully saturated rings. The number of aryl methyl sites for hydroxylation is 1. The third kappa shape index (κ3) is 3.57. The van der Waals surface area contributed by atoms with Crippen LogP contribution in [-0.2, 0) is 24.9 Å². The Hall–Kier alpha value is -2.94. The fourth-order valence-corrected chi connectivity index (χ4v) is 3.71. The molecule has 9 heteroatoms. The Kier molecular flexibility index (Phi) is 4.99. The zero-order chi connectivity index (χ0) is 19.7. The first-order chi connectivity index (χ1) is 13.5. The number of carbonyl (C=O) groups is 1. The highest BCUT2D eigenvalue weighted by molar-refractivity contribution is 5.77. The van der Waals surface area contributed by atoms with Crippen LogP contribution >= 0.6 is 0 Å². The van der Waals surface area contributed by atoms with Gasteiger partial charge in [-0.3, -0.25) is 18.8 Å². The first kappa shape index (κ1) is 18.4. The molecule has 4 rings (SSSR count). The van der Waals surface area contributed by atoms with Crippen LogP contribution in [0.3, 0.4) is 0 Å². The molecule has 1 saturated heterocycles. The van der Waals surface area contributed by atoms with E-state index in [0.29, 0.717) is 17.6 Å². The molecule has 1 aliphatic heterocycles. The van der Waals surface area contributed by atoms with E-state index in [1.807, 2.05) is 17.0 Å². The number of carbonyl (C=O) groups excluding carboxylic acids is 1. The summed E-state index contributed by atoms with van der Waals surface area (Å²) in [4.78, 5) is 34.3. The van der Waals surface area contributed by atoms with Crippen LogP contribution in [-0.4, -0.2) is 61.2 Å². The maximum atomic E-state index is 13.2. The maximum Gasteiger partial charge on any atom is 0.264 e. The second-order valence-corrected chi connectivity index (χ2v) is 7.32. The molecule has 4 heterocycles. The van der Waals surface area contributed by atoms with E-state index in [-0.39, 0.29) is 24.1 Å². The van der Waals surface area contributed by atoms with E-state index < -0.39 is 0 Å². The smallest absolute Gasteiger partial charge is 0.264 e. The highest BCUT2D eigenvalue weighted by Crippen LogP contribution is 2.19. The minimum absolute atomic E-state index is 0.0519. The minimum Gasteiger partial charge on any atom is -0.467 e. The molecule has 0 saturated carbocycles. The Morgan fingerprint density at radius 1 is 1.32 bits per heavy atom. The summed E-state index contributed by atoms with van der Waals surface area (Å²) in [7, 11) is 3.82. The lowest BCUT2D eigenvalue weighted by molar-refractivity contribution is -0.136. The van der Waals surface area contributed by atoms with E-state index in [1.165, 1.54) is 17.1 Å². The average Bonchev–Trinajstić information content (AvgIpc) is 3.33. The van der Waals surface area contributed by atoms with E-state index in [4.69, 9.17) is 4.42 Å². The predicted octanol–water partition coefficient (Wildman–Crippen LogP) is 0.846. The van der Waals surface area contributed by atoms with Crippen molar-refractivity contribution in [3.63, 3.8) is 0 Å². The quantitative estimate of drug-likeness (QED) is 0.648. The zero-order valence-electron chi connectivity index (χ0n) is 16.1. The Labute approximate surface area is 162 Å². The Morgan fingerprint density at radius 2 is 2.11 bits per heavy atom. The van der Waals surface area contributed by atoms with Gasteiger partial charge in [0, 0.05) is 13.1 Å². The first-order valence-electron chi connectivity index (χ1n) is 9.40. The van der Waals surface area contributed by atoms with E-state index in [0.717, 1.165) is 31.7 Å². The lowest BCUT2D eigenvalue weighted by atomic mass is 10.0. The van der Waals surface area contributed by atoms with Gasteiger partial charge < -0.3 is 14.2 Å². The van der Waals surface area contributed by atoms with E-state index in [2.05, 4.69) is 22.0 Å². The van der Waals surface area contributed by atoms with Crippen LogP contribution in [0.25, 0.3) is 11.0 Å². The molecular weight excluding hydrogens is 360 g/mol. The van der Waals surface area contributed by atoms with Crippen molar-refractivity contribution in [1.29, 1.82) is 0 Å². The van der Waals surface area contributed by atoms with Crippen molar-refractivity contribution in [2.24, 2.45) is 7.05 Å². The van der Waals surface area contributed by atoms with E-state index in [9.17, 15) is 9.59 Å². The molecule has 3 aromatic rings. The summed E-state index contributed by atoms with van der Waals surface area (Å²) in [6, 6.07) is 3.81. The van der Waals surface area contributed by atoms with Crippen LogP contribution in [0, 0.1) is 0 Å². The SMILES string of the molecule is CN1CCC(N(Cc2ccco2)C(=O)Cn2cnc3c(cnn3C)c2=O)CC1. The lowest BCUT2D eigenvalue weighted by Crippen LogP contribution is -2.47. The Balaban J connectivity index is 1.58. The number of fused-ring (bicyclic) bond motifs is 1. The van der Waals surface area contributed by atoms with Crippen molar-refractivity contribution >= 4 is 16.9 Å². The van der Waals surface area contributed by atoms with Gasteiger partial charge in [-0.05, 0) is 45.1 Å². The number of aromatic nitrogens is 4. The summed E-state index contributed by atoms with van der Waals surface area (Å²) < 4.78 is 8.37. The van der Waals surface area contributed by atoms with Crippen molar-refractivity contribution in [3.05, 3.63) is 47.0 Å². The van der Waals surface area contributed by atoms with Crippen molar-refractivity contribution < 1.29 is 9.21 Å². The van der Waals surface area contributed by atoms with Crippen molar-refractivity contribution in [2.45, 2.75) is 32.0 Å². The molecule has 0 spiro atoms. The van der Waals surface area contributed by atoms with E-state index >= 15 is 0 Å². The molecule has 148 valence electrons. The van der Waals surface area contributed by atoms with Crippen molar-refractivity contribution in [1.82, 2.24) is 29.1 Å². The molecule has 28 heavy (non-hydrogen) atoms. The number of furan rings is 1. The van der Waals surface area contributed by atoms with Crippen molar-refractivity contribution in [2.75, 3.05) is 20.1 Å². The minimum atomic E-state index is -0.257. The molecule has 0 aromatic carbocycles. The van der Waals surface area contributed by atoms with Crippen LogP contribution < -0.4 is 5.56 Å². The summed E-state index contributed by atoms with van der Waals surface area (Å²) in [6.45, 7) is 2.23. The van der Waals surface area contributed by atoms with E-state index in [1.54, 1.807) is 18.0 Å². The van der Waals surface area contributed by atoms with Gasteiger partial charge in [0.1, 0.15) is 24.0 Å². The summed E-state index contributed by atoms with van der Waals surface area (Å²) in [5.74, 6) is 0.624. The predicted molar refractivity (Wildman–Crippen MR) is 103 cm³/mol. The third-order valence-electron chi connectivity index (χ3n) is 5.38. The molecule has 1 aliphatic rings. The number of likely N-dealkylation sites (tertiary alicyclic amines) is 1. The van der Waals surface area contributed by atoms with Gasteiger partial charge >= 0.3 is 0 Å². The normalized spacial score (nSPS) is 15.9. The highest BCUT2D eigenvalue weighted by atomic mass is 16.3.